The van der Waals surface area contributed by atoms with Crippen LogP contribution in [0.15, 0.2) is 54.9 Å². The molecule has 142 valence electrons. The Kier molecular flexibility index (Phi) is 10.8. The van der Waals surface area contributed by atoms with Crippen LogP contribution in [-0.4, -0.2) is 0 Å². The van der Waals surface area contributed by atoms with E-state index in [1.807, 2.05) is 0 Å². The molecule has 0 aliphatic heterocycles. The number of aromatic nitrogens is 1. The van der Waals surface area contributed by atoms with Crippen molar-refractivity contribution in [2.24, 2.45) is 0 Å². The first-order valence-corrected chi connectivity index (χ1v) is 11.0. The van der Waals surface area contributed by atoms with Gasteiger partial charge in [0.25, 0.3) is 0 Å². The molecule has 0 fully saturated rings. The van der Waals surface area contributed by atoms with Gasteiger partial charge < -0.3 is 0 Å². The van der Waals surface area contributed by atoms with E-state index in [1.165, 1.54) is 94.7 Å². The van der Waals surface area contributed by atoms with Crippen molar-refractivity contribution >= 4 is 0 Å². The number of hydrogen-bond acceptors (Lipinski definition) is 0. The van der Waals surface area contributed by atoms with Gasteiger partial charge in [0, 0.05) is 24.3 Å². The third-order valence-electron chi connectivity index (χ3n) is 5.27. The molecule has 0 bridgehead atoms. The molecule has 0 N–H and O–H groups in total. The second kappa shape index (κ2) is 13.6. The normalized spacial score (nSPS) is 11.0. The summed E-state index contributed by atoms with van der Waals surface area (Å²) in [5.41, 5.74) is 2.69. The van der Waals surface area contributed by atoms with Crippen LogP contribution >= 0.6 is 0 Å². The molecule has 0 saturated carbocycles. The molecule has 1 nitrogen and oxygen atoms in total. The molecule has 0 radical (unpaired) electrons. The van der Waals surface area contributed by atoms with Crippen LogP contribution in [0.2, 0.25) is 0 Å². The van der Waals surface area contributed by atoms with Crippen LogP contribution in [0.3, 0.4) is 0 Å². The SMILES string of the molecule is CCCCCCCCCCCCCCc1cc[n+](-c2ccccc2)cc1. The standard InChI is InChI=1S/C25H38N/c1-2-3-4-5-6-7-8-9-10-11-12-14-17-24-20-22-26(23-21-24)25-18-15-13-16-19-25/h13,15-16,18-23H,2-12,14,17H2,1H3/q+1. The summed E-state index contributed by atoms with van der Waals surface area (Å²) in [5, 5.41) is 0. The van der Waals surface area contributed by atoms with Gasteiger partial charge in [-0.1, -0.05) is 95.8 Å². The van der Waals surface area contributed by atoms with Crippen molar-refractivity contribution in [2.75, 3.05) is 0 Å². The molecule has 0 aliphatic rings. The zero-order chi connectivity index (χ0) is 18.3. The van der Waals surface area contributed by atoms with Crippen LogP contribution in [-0.2, 0) is 6.42 Å². The second-order valence-corrected chi connectivity index (χ2v) is 7.59. The zero-order valence-electron chi connectivity index (χ0n) is 16.8. The lowest BCUT2D eigenvalue weighted by atomic mass is 10.0. The molecule has 0 atom stereocenters. The molecule has 1 heterocycles. The van der Waals surface area contributed by atoms with Crippen molar-refractivity contribution in [3.8, 4) is 5.69 Å². The predicted molar refractivity (Wildman–Crippen MR) is 113 cm³/mol. The van der Waals surface area contributed by atoms with Crippen LogP contribution < -0.4 is 4.57 Å². The molecule has 0 unspecified atom stereocenters. The molecular formula is C25H38N+. The van der Waals surface area contributed by atoms with Crippen LogP contribution in [0.5, 0.6) is 0 Å². The lowest BCUT2D eigenvalue weighted by Crippen LogP contribution is -2.29. The Morgan fingerprint density at radius 2 is 1.08 bits per heavy atom. The Bertz CT molecular complexity index is 558. The summed E-state index contributed by atoms with van der Waals surface area (Å²) < 4.78 is 2.19. The van der Waals surface area contributed by atoms with E-state index in [0.717, 1.165) is 0 Å². The van der Waals surface area contributed by atoms with E-state index in [1.54, 1.807) is 0 Å². The molecule has 1 aromatic carbocycles. The highest BCUT2D eigenvalue weighted by molar-refractivity contribution is 5.21. The second-order valence-electron chi connectivity index (χ2n) is 7.59. The van der Waals surface area contributed by atoms with Crippen molar-refractivity contribution in [1.82, 2.24) is 0 Å². The molecule has 0 spiro atoms. The number of unbranched alkanes of at least 4 members (excludes halogenated alkanes) is 11. The molecule has 0 amide bonds. The minimum atomic E-state index is 1.22. The van der Waals surface area contributed by atoms with E-state index in [2.05, 4.69) is 66.3 Å². The summed E-state index contributed by atoms with van der Waals surface area (Å²) in [6.07, 6.45) is 22.6. The van der Waals surface area contributed by atoms with Crippen LogP contribution in [0.1, 0.15) is 89.5 Å². The Labute approximate surface area is 161 Å². The Morgan fingerprint density at radius 1 is 0.577 bits per heavy atom. The first kappa shape index (κ1) is 20.7. The molecule has 2 aromatic rings. The monoisotopic (exact) mass is 352 g/mol. The summed E-state index contributed by atoms with van der Waals surface area (Å²) in [5.74, 6) is 0. The smallest absolute Gasteiger partial charge is 0.167 e. The van der Waals surface area contributed by atoms with E-state index in [-0.39, 0.29) is 0 Å². The van der Waals surface area contributed by atoms with Crippen LogP contribution in [0, 0.1) is 0 Å². The minimum absolute atomic E-state index is 1.22. The first-order chi connectivity index (χ1) is 12.9. The topological polar surface area (TPSA) is 3.88 Å². The maximum Gasteiger partial charge on any atom is 0.210 e. The van der Waals surface area contributed by atoms with Gasteiger partial charge >= 0.3 is 0 Å². The van der Waals surface area contributed by atoms with Crippen molar-refractivity contribution in [2.45, 2.75) is 90.4 Å². The van der Waals surface area contributed by atoms with Crippen molar-refractivity contribution in [3.05, 3.63) is 60.4 Å². The fourth-order valence-corrected chi connectivity index (χ4v) is 3.57. The van der Waals surface area contributed by atoms with E-state index < -0.39 is 0 Å². The minimum Gasteiger partial charge on any atom is -0.167 e. The quantitative estimate of drug-likeness (QED) is 0.250. The molecule has 0 saturated heterocycles. The number of benzene rings is 1. The Hall–Kier alpha value is -1.63. The highest BCUT2D eigenvalue weighted by atomic mass is 14.9. The maximum atomic E-state index is 2.29. The fourth-order valence-electron chi connectivity index (χ4n) is 3.57. The molecule has 1 heteroatoms. The highest BCUT2D eigenvalue weighted by Gasteiger charge is 2.04. The lowest BCUT2D eigenvalue weighted by Gasteiger charge is -2.03. The van der Waals surface area contributed by atoms with Crippen LogP contribution in [0.25, 0.3) is 5.69 Å². The van der Waals surface area contributed by atoms with Gasteiger partial charge in [-0.05, 0) is 18.4 Å². The molecule has 2 rings (SSSR count). The van der Waals surface area contributed by atoms with Gasteiger partial charge in [-0.25, -0.2) is 0 Å². The number of para-hydroxylation sites is 1. The lowest BCUT2D eigenvalue weighted by molar-refractivity contribution is -0.595. The average molecular weight is 353 g/mol. The fraction of sp³-hybridized carbons (Fsp3) is 0.560. The summed E-state index contributed by atoms with van der Waals surface area (Å²) >= 11 is 0. The van der Waals surface area contributed by atoms with Gasteiger partial charge in [-0.3, -0.25) is 0 Å². The summed E-state index contributed by atoms with van der Waals surface area (Å²) in [4.78, 5) is 0. The summed E-state index contributed by atoms with van der Waals surface area (Å²) in [7, 11) is 0. The number of aryl methyl sites for hydroxylation is 1. The van der Waals surface area contributed by atoms with Gasteiger partial charge in [-0.15, -0.1) is 0 Å². The van der Waals surface area contributed by atoms with Crippen molar-refractivity contribution in [1.29, 1.82) is 0 Å². The van der Waals surface area contributed by atoms with Gasteiger partial charge in [0.15, 0.2) is 12.4 Å². The molecule has 0 aliphatic carbocycles. The van der Waals surface area contributed by atoms with E-state index in [9.17, 15) is 0 Å². The van der Waals surface area contributed by atoms with Gasteiger partial charge in [-0.2, -0.15) is 4.57 Å². The van der Waals surface area contributed by atoms with Gasteiger partial charge in [0.1, 0.15) is 0 Å². The maximum absolute atomic E-state index is 2.29. The first-order valence-electron chi connectivity index (χ1n) is 11.0. The van der Waals surface area contributed by atoms with Gasteiger partial charge in [0.05, 0.1) is 0 Å². The average Bonchev–Trinajstić information content (AvgIpc) is 2.70. The molecule has 1 aromatic heterocycles. The summed E-state index contributed by atoms with van der Waals surface area (Å²) in [6, 6.07) is 15.1. The Morgan fingerprint density at radius 3 is 1.62 bits per heavy atom. The van der Waals surface area contributed by atoms with E-state index >= 15 is 0 Å². The van der Waals surface area contributed by atoms with E-state index in [4.69, 9.17) is 0 Å². The largest absolute Gasteiger partial charge is 0.210 e. The third kappa shape index (κ3) is 8.65. The van der Waals surface area contributed by atoms with Crippen LogP contribution in [0.4, 0.5) is 0 Å². The van der Waals surface area contributed by atoms with Crippen molar-refractivity contribution in [3.63, 3.8) is 0 Å². The van der Waals surface area contributed by atoms with Crippen molar-refractivity contribution < 1.29 is 4.57 Å². The third-order valence-corrected chi connectivity index (χ3v) is 5.27. The predicted octanol–water partition coefficient (Wildman–Crippen LogP) is 7.21. The zero-order valence-corrected chi connectivity index (χ0v) is 16.8. The van der Waals surface area contributed by atoms with Gasteiger partial charge in [0.2, 0.25) is 5.69 Å². The molecule has 26 heavy (non-hydrogen) atoms. The number of pyridine rings is 1. The summed E-state index contributed by atoms with van der Waals surface area (Å²) in [6.45, 7) is 2.29. The number of hydrogen-bond donors (Lipinski definition) is 0. The van der Waals surface area contributed by atoms with E-state index in [0.29, 0.717) is 0 Å². The number of rotatable bonds is 14. The molecular weight excluding hydrogens is 314 g/mol. The highest BCUT2D eigenvalue weighted by Crippen LogP contribution is 2.13. The number of nitrogens with zero attached hydrogens (tertiary/aromatic N) is 1. The Balaban J connectivity index is 1.47.